The molecule has 0 fully saturated rings. The minimum atomic E-state index is -0.736. The number of nitrogens with one attached hydrogen (secondary N) is 1. The monoisotopic (exact) mass is 550 g/mol. The van der Waals surface area contributed by atoms with Gasteiger partial charge in [-0.05, 0) is 44.4 Å². The molecule has 0 atom stereocenters. The summed E-state index contributed by atoms with van der Waals surface area (Å²) in [7, 11) is 0. The Morgan fingerprint density at radius 3 is 2.54 bits per heavy atom. The van der Waals surface area contributed by atoms with Crippen LogP contribution in [0.4, 0.5) is 0 Å². The number of thiophene rings is 1. The van der Waals surface area contributed by atoms with E-state index in [0.29, 0.717) is 27.9 Å². The molecule has 0 spiro atoms. The number of thiazole rings is 1. The highest BCUT2D eigenvalue weighted by Crippen LogP contribution is 2.45. The summed E-state index contributed by atoms with van der Waals surface area (Å²) in [5.41, 5.74) is -0.405. The fourth-order valence-corrected chi connectivity index (χ4v) is 6.53. The lowest BCUT2D eigenvalue weighted by Gasteiger charge is -2.26. The van der Waals surface area contributed by atoms with Crippen molar-refractivity contribution in [3.05, 3.63) is 82.2 Å². The Labute approximate surface area is 218 Å². The average molecular weight is 551 g/mol. The molecular weight excluding hydrogens is 531 g/mol. The number of carbonyl (C=O) groups is 1. The van der Waals surface area contributed by atoms with Crippen molar-refractivity contribution in [2.24, 2.45) is 0 Å². The lowest BCUT2D eigenvalue weighted by atomic mass is 9.85. The van der Waals surface area contributed by atoms with Gasteiger partial charge in [-0.25, -0.2) is 9.78 Å². The number of halogens is 2. The molecule has 182 valence electrons. The topological polar surface area (TPSA) is 107 Å². The third-order valence-electron chi connectivity index (χ3n) is 5.21. The molecule has 12 heteroatoms. The zero-order chi connectivity index (χ0) is 25.3. The quantitative estimate of drug-likeness (QED) is 0.330. The average Bonchev–Trinajstić information content (AvgIpc) is 3.43. The molecule has 0 amide bonds. The van der Waals surface area contributed by atoms with Gasteiger partial charge in [0.05, 0.1) is 29.3 Å². The van der Waals surface area contributed by atoms with Crippen molar-refractivity contribution in [3.63, 3.8) is 0 Å². The van der Waals surface area contributed by atoms with E-state index in [1.165, 1.54) is 22.7 Å². The van der Waals surface area contributed by atoms with Gasteiger partial charge < -0.3 is 4.74 Å². The van der Waals surface area contributed by atoms with Crippen molar-refractivity contribution >= 4 is 51.8 Å². The van der Waals surface area contributed by atoms with E-state index in [1.54, 1.807) is 19.1 Å². The number of hydrogen-bond donors (Lipinski definition) is 1. The second kappa shape index (κ2) is 10.1. The fraction of sp³-hybridized carbons (Fsp3) is 0.261. The molecule has 0 aliphatic rings. The lowest BCUT2D eigenvalue weighted by Crippen LogP contribution is -2.30. The van der Waals surface area contributed by atoms with E-state index in [-0.39, 0.29) is 12.4 Å². The summed E-state index contributed by atoms with van der Waals surface area (Å²) < 4.78 is 6.16. The van der Waals surface area contributed by atoms with Gasteiger partial charge in [0, 0.05) is 25.9 Å². The Kier molecular flexibility index (Phi) is 7.27. The van der Waals surface area contributed by atoms with Crippen molar-refractivity contribution in [3.8, 4) is 16.3 Å². The molecule has 0 saturated heterocycles. The molecule has 0 aliphatic carbocycles. The molecule has 8 nitrogen and oxygen atoms in total. The van der Waals surface area contributed by atoms with E-state index >= 15 is 0 Å². The molecule has 0 radical (unpaired) electrons. The maximum absolute atomic E-state index is 12.3. The van der Waals surface area contributed by atoms with Crippen molar-refractivity contribution < 1.29 is 9.53 Å². The number of carbonyl (C=O) groups excluding carboxylic acids is 1. The fourth-order valence-electron chi connectivity index (χ4n) is 3.61. The molecule has 3 heterocycles. The molecule has 35 heavy (non-hydrogen) atoms. The molecule has 4 rings (SSSR count). The molecule has 1 N–H and O–H groups in total. The third kappa shape index (κ3) is 5.11. The predicted octanol–water partition coefficient (Wildman–Crippen LogP) is 4.84. The summed E-state index contributed by atoms with van der Waals surface area (Å²) in [5, 5.41) is 7.13. The minimum Gasteiger partial charge on any atom is -0.466 e. The number of H-pyrrole nitrogens is 1. The van der Waals surface area contributed by atoms with Gasteiger partial charge >= 0.3 is 11.7 Å². The van der Waals surface area contributed by atoms with Gasteiger partial charge in [0.1, 0.15) is 11.2 Å². The smallest absolute Gasteiger partial charge is 0.349 e. The second-order valence-electron chi connectivity index (χ2n) is 8.01. The Morgan fingerprint density at radius 1 is 1.23 bits per heavy atom. The molecule has 0 unspecified atom stereocenters. The second-order valence-corrected chi connectivity index (χ2v) is 10.9. The molecule has 0 aliphatic heterocycles. The number of nitrogens with zero attached hydrogens (tertiary/aromatic N) is 3. The molecule has 0 bridgehead atoms. The highest BCUT2D eigenvalue weighted by Gasteiger charge is 2.34. The van der Waals surface area contributed by atoms with Crippen LogP contribution in [0, 0.1) is 0 Å². The molecule has 0 saturated carbocycles. The van der Waals surface area contributed by atoms with E-state index in [0.717, 1.165) is 31.3 Å². The summed E-state index contributed by atoms with van der Waals surface area (Å²) in [6, 6.07) is 7.00. The highest BCUT2D eigenvalue weighted by atomic mass is 35.5. The third-order valence-corrected chi connectivity index (χ3v) is 8.06. The van der Waals surface area contributed by atoms with Gasteiger partial charge in [-0.1, -0.05) is 29.3 Å². The summed E-state index contributed by atoms with van der Waals surface area (Å²) in [4.78, 5) is 44.6. The number of hydrogen-bond acceptors (Lipinski definition) is 8. The summed E-state index contributed by atoms with van der Waals surface area (Å²) in [6.45, 7) is 5.95. The van der Waals surface area contributed by atoms with Crippen molar-refractivity contribution in [1.82, 2.24) is 19.7 Å². The van der Waals surface area contributed by atoms with Crippen LogP contribution >= 0.6 is 45.9 Å². The number of aromatic amines is 1. The van der Waals surface area contributed by atoms with E-state index in [4.69, 9.17) is 32.9 Å². The van der Waals surface area contributed by atoms with E-state index in [2.05, 4.69) is 10.1 Å². The van der Waals surface area contributed by atoms with Gasteiger partial charge in [0.25, 0.3) is 5.56 Å². The Bertz CT molecular complexity index is 1480. The summed E-state index contributed by atoms with van der Waals surface area (Å²) in [6.07, 6.45) is 1.10. The van der Waals surface area contributed by atoms with Crippen LogP contribution in [0.3, 0.4) is 0 Å². The number of esters is 1. The molecule has 1 aromatic carbocycles. The van der Waals surface area contributed by atoms with Crippen LogP contribution in [0.2, 0.25) is 10.0 Å². The van der Waals surface area contributed by atoms with Crippen LogP contribution < -0.4 is 11.2 Å². The first kappa shape index (κ1) is 25.3. The van der Waals surface area contributed by atoms with Crippen LogP contribution in [0.25, 0.3) is 16.3 Å². The lowest BCUT2D eigenvalue weighted by molar-refractivity contribution is -0.142. The normalized spacial score (nSPS) is 11.6. The van der Waals surface area contributed by atoms with Gasteiger partial charge in [-0.2, -0.15) is 9.78 Å². The molecule has 3 aromatic heterocycles. The maximum Gasteiger partial charge on any atom is 0.349 e. The van der Waals surface area contributed by atoms with Gasteiger partial charge in [0.2, 0.25) is 0 Å². The highest BCUT2D eigenvalue weighted by molar-refractivity contribution is 7.15. The zero-order valence-electron chi connectivity index (χ0n) is 18.9. The molecular formula is C23H20Cl2N4O4S2. The van der Waals surface area contributed by atoms with Crippen LogP contribution in [0.5, 0.6) is 0 Å². The maximum atomic E-state index is 12.3. The Balaban J connectivity index is 1.80. The van der Waals surface area contributed by atoms with Gasteiger partial charge in [-0.15, -0.1) is 22.7 Å². The Hall–Kier alpha value is -2.79. The standard InChI is InChI=1S/C23H20Cl2N4O4S2/c1-4-33-18(31)10-16-20(15-6-5-7-34-15)28-21(35-16)23(2,3)19-13(24)8-12(9-14(19)25)29-22(32)27-17(30)11-26-29/h5-9,11H,4,10H2,1-3H3,(H,27,30,32). The van der Waals surface area contributed by atoms with Crippen molar-refractivity contribution in [2.75, 3.05) is 6.61 Å². The first-order chi connectivity index (χ1) is 16.6. The number of ether oxygens (including phenoxy) is 1. The van der Waals surface area contributed by atoms with Gasteiger partial charge in [-0.3, -0.25) is 14.6 Å². The van der Waals surface area contributed by atoms with E-state index in [1.807, 2.05) is 31.4 Å². The van der Waals surface area contributed by atoms with E-state index in [9.17, 15) is 14.4 Å². The predicted molar refractivity (Wildman–Crippen MR) is 138 cm³/mol. The van der Waals surface area contributed by atoms with Crippen LogP contribution in [-0.4, -0.2) is 32.3 Å². The zero-order valence-corrected chi connectivity index (χ0v) is 22.1. The Morgan fingerprint density at radius 2 is 1.94 bits per heavy atom. The summed E-state index contributed by atoms with van der Waals surface area (Å²) >= 11 is 16.3. The summed E-state index contributed by atoms with van der Waals surface area (Å²) in [5.74, 6) is -0.322. The van der Waals surface area contributed by atoms with Crippen molar-refractivity contribution in [2.45, 2.75) is 32.6 Å². The van der Waals surface area contributed by atoms with Crippen LogP contribution in [0.1, 0.15) is 36.2 Å². The SMILES string of the molecule is CCOC(=O)Cc1sc(C(C)(C)c2c(Cl)cc(-n3ncc(=O)[nH]c3=O)cc2Cl)nc1-c1cccs1. The first-order valence-electron chi connectivity index (χ1n) is 10.5. The van der Waals surface area contributed by atoms with Crippen LogP contribution in [-0.2, 0) is 21.4 Å². The minimum absolute atomic E-state index is 0.107. The largest absolute Gasteiger partial charge is 0.466 e. The van der Waals surface area contributed by atoms with Gasteiger partial charge in [0.15, 0.2) is 0 Å². The number of benzene rings is 1. The number of rotatable bonds is 7. The first-order valence-corrected chi connectivity index (χ1v) is 12.9. The number of aromatic nitrogens is 4. The molecule has 4 aromatic rings. The van der Waals surface area contributed by atoms with Crippen LogP contribution in [0.15, 0.2) is 45.4 Å². The van der Waals surface area contributed by atoms with E-state index < -0.39 is 16.7 Å². The van der Waals surface area contributed by atoms with Crippen molar-refractivity contribution in [1.29, 1.82) is 0 Å².